The number of carbonyl (C=O) groups is 1. The lowest BCUT2D eigenvalue weighted by atomic mass is 9.99. The highest BCUT2D eigenvalue weighted by molar-refractivity contribution is 9.10. The summed E-state index contributed by atoms with van der Waals surface area (Å²) in [6.07, 6.45) is 0. The Hall–Kier alpha value is -2.60. The zero-order valence-corrected chi connectivity index (χ0v) is 13.3. The molecule has 114 valence electrons. The first-order valence-corrected chi connectivity index (χ1v) is 7.70. The monoisotopic (exact) mass is 371 g/mol. The summed E-state index contributed by atoms with van der Waals surface area (Å²) < 4.78 is 6.41. The second-order valence-electron chi connectivity index (χ2n) is 5.31. The van der Waals surface area contributed by atoms with Crippen molar-refractivity contribution in [3.05, 3.63) is 74.0 Å². The molecule has 0 spiro atoms. The number of carbonyl (C=O) groups excluding carboxylic acids is 1. The average Bonchev–Trinajstić information content (AvgIpc) is 2.86. The zero-order valence-electron chi connectivity index (χ0n) is 11.7. The summed E-state index contributed by atoms with van der Waals surface area (Å²) in [5.74, 6) is -0.254. The van der Waals surface area contributed by atoms with Crippen molar-refractivity contribution in [2.45, 2.75) is 6.04 Å². The Kier molecular flexibility index (Phi) is 3.02. The predicted molar refractivity (Wildman–Crippen MR) is 87.6 cm³/mol. The Morgan fingerprint density at radius 3 is 2.57 bits per heavy atom. The minimum atomic E-state index is -0.585. The molecule has 0 bridgehead atoms. The molecule has 23 heavy (non-hydrogen) atoms. The van der Waals surface area contributed by atoms with Crippen LogP contribution in [0.25, 0.3) is 11.0 Å². The molecule has 1 aromatic heterocycles. The number of phenols is 1. The van der Waals surface area contributed by atoms with Gasteiger partial charge in [0.05, 0.1) is 17.0 Å². The number of hydrogen-bond acceptors (Lipinski definition) is 4. The smallest absolute Gasteiger partial charge is 0.288 e. The summed E-state index contributed by atoms with van der Waals surface area (Å²) in [5, 5.41) is 12.6. The fourth-order valence-electron chi connectivity index (χ4n) is 2.80. The number of rotatable bonds is 1. The summed E-state index contributed by atoms with van der Waals surface area (Å²) in [7, 11) is 0. The molecule has 0 aliphatic carbocycles. The first-order chi connectivity index (χ1) is 11.0. The Bertz CT molecular complexity index is 1010. The second-order valence-corrected chi connectivity index (χ2v) is 6.23. The van der Waals surface area contributed by atoms with E-state index in [9.17, 15) is 14.7 Å². The summed E-state index contributed by atoms with van der Waals surface area (Å²) >= 11 is 3.34. The van der Waals surface area contributed by atoms with Gasteiger partial charge in [0.15, 0.2) is 5.43 Å². The van der Waals surface area contributed by atoms with Gasteiger partial charge in [0.1, 0.15) is 11.3 Å². The van der Waals surface area contributed by atoms with Crippen LogP contribution >= 0.6 is 15.9 Å². The van der Waals surface area contributed by atoms with Gasteiger partial charge in [-0.3, -0.25) is 9.59 Å². The van der Waals surface area contributed by atoms with Gasteiger partial charge in [-0.25, -0.2) is 0 Å². The second kappa shape index (κ2) is 4.96. The lowest BCUT2D eigenvalue weighted by molar-refractivity contribution is 0.0938. The summed E-state index contributed by atoms with van der Waals surface area (Å²) in [6, 6.07) is 10.9. The summed E-state index contributed by atoms with van der Waals surface area (Å²) in [4.78, 5) is 25.0. The summed E-state index contributed by atoms with van der Waals surface area (Å²) in [5.41, 5.74) is 1.14. The molecule has 0 saturated heterocycles. The van der Waals surface area contributed by atoms with Gasteiger partial charge in [0.2, 0.25) is 5.76 Å². The zero-order chi connectivity index (χ0) is 16.1. The van der Waals surface area contributed by atoms with E-state index in [1.54, 1.807) is 30.3 Å². The molecule has 2 aromatic carbocycles. The number of phenolic OH excluding ortho intramolecular Hbond substituents is 1. The van der Waals surface area contributed by atoms with Crippen molar-refractivity contribution in [3.63, 3.8) is 0 Å². The Morgan fingerprint density at radius 1 is 1.09 bits per heavy atom. The topological polar surface area (TPSA) is 79.5 Å². The molecule has 0 saturated carbocycles. The molecule has 1 aliphatic rings. The highest BCUT2D eigenvalue weighted by Gasteiger charge is 2.35. The third-order valence-corrected chi connectivity index (χ3v) is 4.38. The summed E-state index contributed by atoms with van der Waals surface area (Å²) in [6.45, 7) is 0. The van der Waals surface area contributed by atoms with Crippen LogP contribution in [0.15, 0.2) is 56.1 Å². The lowest BCUT2D eigenvalue weighted by Gasteiger charge is -2.11. The molecular weight excluding hydrogens is 362 g/mol. The van der Waals surface area contributed by atoms with Crippen LogP contribution in [0.2, 0.25) is 0 Å². The number of nitrogens with one attached hydrogen (secondary N) is 1. The molecule has 5 nitrogen and oxygen atoms in total. The van der Waals surface area contributed by atoms with Crippen molar-refractivity contribution >= 4 is 32.8 Å². The third kappa shape index (κ3) is 2.14. The molecule has 1 aliphatic heterocycles. The van der Waals surface area contributed by atoms with E-state index in [0.717, 1.165) is 4.47 Å². The standard InChI is InChI=1S/C17H10BrNO4/c18-9-3-6-12-11(7-9)15(21)13-14(19-17(22)16(13)23-12)8-1-4-10(20)5-2-8/h1-7,14,20H,(H,19,22)/t14-/m0/s1. The molecule has 1 atom stereocenters. The van der Waals surface area contributed by atoms with Crippen molar-refractivity contribution in [2.24, 2.45) is 0 Å². The Morgan fingerprint density at radius 2 is 1.83 bits per heavy atom. The molecule has 2 heterocycles. The molecule has 2 N–H and O–H groups in total. The van der Waals surface area contributed by atoms with Gasteiger partial charge >= 0.3 is 0 Å². The molecule has 0 fully saturated rings. The van der Waals surface area contributed by atoms with E-state index in [-0.39, 0.29) is 16.9 Å². The molecule has 1 amide bonds. The van der Waals surface area contributed by atoms with E-state index in [2.05, 4.69) is 21.2 Å². The highest BCUT2D eigenvalue weighted by Crippen LogP contribution is 2.32. The SMILES string of the molecule is O=C1N[C@@H](c2ccc(O)cc2)c2c1oc1ccc(Br)cc1c2=O. The van der Waals surface area contributed by atoms with E-state index >= 15 is 0 Å². The largest absolute Gasteiger partial charge is 0.508 e. The van der Waals surface area contributed by atoms with Crippen LogP contribution in [-0.2, 0) is 0 Å². The maximum atomic E-state index is 12.8. The van der Waals surface area contributed by atoms with Crippen LogP contribution in [0, 0.1) is 0 Å². The van der Waals surface area contributed by atoms with Gasteiger partial charge in [-0.15, -0.1) is 0 Å². The van der Waals surface area contributed by atoms with Crippen LogP contribution in [0.5, 0.6) is 5.75 Å². The maximum absolute atomic E-state index is 12.8. The van der Waals surface area contributed by atoms with Crippen molar-refractivity contribution in [2.75, 3.05) is 0 Å². The molecular formula is C17H10BrNO4. The molecule has 0 unspecified atom stereocenters. The van der Waals surface area contributed by atoms with E-state index < -0.39 is 11.9 Å². The van der Waals surface area contributed by atoms with E-state index in [1.165, 1.54) is 12.1 Å². The van der Waals surface area contributed by atoms with Crippen molar-refractivity contribution in [1.29, 1.82) is 0 Å². The number of amides is 1. The van der Waals surface area contributed by atoms with E-state index in [4.69, 9.17) is 4.42 Å². The van der Waals surface area contributed by atoms with E-state index in [0.29, 0.717) is 22.1 Å². The fraction of sp³-hybridized carbons (Fsp3) is 0.0588. The number of hydrogen-bond donors (Lipinski definition) is 2. The third-order valence-electron chi connectivity index (χ3n) is 3.88. The van der Waals surface area contributed by atoms with Crippen LogP contribution in [0.4, 0.5) is 0 Å². The first kappa shape index (κ1) is 14.0. The van der Waals surface area contributed by atoms with Crippen molar-refractivity contribution < 1.29 is 14.3 Å². The van der Waals surface area contributed by atoms with Crippen molar-refractivity contribution in [1.82, 2.24) is 5.32 Å². The predicted octanol–water partition coefficient (Wildman–Crippen LogP) is 3.09. The molecule has 6 heteroatoms. The van der Waals surface area contributed by atoms with Crippen LogP contribution in [0.3, 0.4) is 0 Å². The molecule has 0 radical (unpaired) electrons. The Labute approximate surface area is 138 Å². The van der Waals surface area contributed by atoms with Gasteiger partial charge in [-0.05, 0) is 35.9 Å². The first-order valence-electron chi connectivity index (χ1n) is 6.90. The number of aromatic hydroxyl groups is 1. The van der Waals surface area contributed by atoms with Gasteiger partial charge < -0.3 is 14.8 Å². The fourth-order valence-corrected chi connectivity index (χ4v) is 3.16. The number of benzene rings is 2. The lowest BCUT2D eigenvalue weighted by Crippen LogP contribution is -2.21. The quantitative estimate of drug-likeness (QED) is 0.688. The van der Waals surface area contributed by atoms with Crippen LogP contribution < -0.4 is 10.7 Å². The van der Waals surface area contributed by atoms with E-state index in [1.807, 2.05) is 0 Å². The van der Waals surface area contributed by atoms with Crippen LogP contribution in [-0.4, -0.2) is 11.0 Å². The van der Waals surface area contributed by atoms with Crippen molar-refractivity contribution in [3.8, 4) is 5.75 Å². The number of fused-ring (bicyclic) bond motifs is 2. The average molecular weight is 372 g/mol. The molecule has 3 aromatic rings. The van der Waals surface area contributed by atoms with Gasteiger partial charge in [-0.2, -0.15) is 0 Å². The van der Waals surface area contributed by atoms with Gasteiger partial charge in [-0.1, -0.05) is 28.1 Å². The maximum Gasteiger partial charge on any atom is 0.288 e. The van der Waals surface area contributed by atoms with Crippen LogP contribution in [0.1, 0.15) is 27.7 Å². The minimum Gasteiger partial charge on any atom is -0.508 e. The molecule has 4 rings (SSSR count). The Balaban J connectivity index is 1.99. The highest BCUT2D eigenvalue weighted by atomic mass is 79.9. The normalized spacial score (nSPS) is 16.4. The minimum absolute atomic E-state index is 0.0443. The van der Waals surface area contributed by atoms with Gasteiger partial charge in [0, 0.05) is 4.47 Å². The number of halogens is 1. The van der Waals surface area contributed by atoms with Gasteiger partial charge in [0.25, 0.3) is 5.91 Å².